The van der Waals surface area contributed by atoms with Gasteiger partial charge < -0.3 is 14.8 Å². The largest absolute Gasteiger partial charge is 0.481 e. The van der Waals surface area contributed by atoms with Gasteiger partial charge in [0.25, 0.3) is 5.91 Å². The Morgan fingerprint density at radius 3 is 2.71 bits per heavy atom. The van der Waals surface area contributed by atoms with Gasteiger partial charge in [-0.25, -0.2) is 14.5 Å². The van der Waals surface area contributed by atoms with Crippen LogP contribution in [0, 0.1) is 0 Å². The van der Waals surface area contributed by atoms with E-state index in [-0.39, 0.29) is 6.61 Å². The van der Waals surface area contributed by atoms with E-state index in [0.717, 1.165) is 10.8 Å². The molecule has 0 aliphatic carbocycles. The van der Waals surface area contributed by atoms with E-state index in [1.165, 1.54) is 17.3 Å². The fourth-order valence-electron chi connectivity index (χ4n) is 2.97. The number of benzene rings is 3. The SMILES string of the molecule is O=C(COC(=O)COc1cccc2ccccc12)Nc1cc(Cl)ccc1-n1cncn1. The summed E-state index contributed by atoms with van der Waals surface area (Å²) < 4.78 is 12.1. The van der Waals surface area contributed by atoms with Crippen molar-refractivity contribution in [3.05, 3.63) is 78.3 Å². The molecule has 4 rings (SSSR count). The fraction of sp³-hybridized carbons (Fsp3) is 0.0909. The number of fused-ring (bicyclic) bond motifs is 1. The van der Waals surface area contributed by atoms with Gasteiger partial charge in [0, 0.05) is 10.4 Å². The molecule has 0 unspecified atom stereocenters. The summed E-state index contributed by atoms with van der Waals surface area (Å²) in [6, 6.07) is 18.2. The Balaban J connectivity index is 1.33. The molecule has 0 saturated heterocycles. The molecule has 0 aliphatic heterocycles. The standard InChI is InChI=1S/C22H17ClN4O4/c23-16-8-9-19(27-14-24-13-25-27)18(10-16)26-21(28)11-31-22(29)12-30-20-7-3-5-15-4-1-2-6-17(15)20/h1-10,13-14H,11-12H2,(H,26,28). The minimum atomic E-state index is -0.661. The monoisotopic (exact) mass is 436 g/mol. The zero-order chi connectivity index (χ0) is 21.6. The zero-order valence-electron chi connectivity index (χ0n) is 16.2. The summed E-state index contributed by atoms with van der Waals surface area (Å²) >= 11 is 6.03. The second kappa shape index (κ2) is 9.27. The van der Waals surface area contributed by atoms with Crippen molar-refractivity contribution in [2.45, 2.75) is 0 Å². The number of nitrogens with zero attached hydrogens (tertiary/aromatic N) is 3. The highest BCUT2D eigenvalue weighted by Crippen LogP contribution is 2.25. The molecule has 0 saturated carbocycles. The van der Waals surface area contributed by atoms with Crippen molar-refractivity contribution in [1.82, 2.24) is 14.8 Å². The van der Waals surface area contributed by atoms with Crippen LogP contribution in [0.3, 0.4) is 0 Å². The summed E-state index contributed by atoms with van der Waals surface area (Å²) in [4.78, 5) is 28.2. The van der Waals surface area contributed by atoms with Gasteiger partial charge >= 0.3 is 5.97 Å². The normalized spacial score (nSPS) is 10.6. The minimum absolute atomic E-state index is 0.317. The maximum Gasteiger partial charge on any atom is 0.344 e. The third-order valence-corrected chi connectivity index (χ3v) is 4.59. The van der Waals surface area contributed by atoms with Crippen LogP contribution >= 0.6 is 11.6 Å². The molecule has 0 radical (unpaired) electrons. The van der Waals surface area contributed by atoms with E-state index >= 15 is 0 Å². The topological polar surface area (TPSA) is 95.3 Å². The molecule has 156 valence electrons. The molecule has 3 aromatic carbocycles. The van der Waals surface area contributed by atoms with Crippen LogP contribution in [-0.4, -0.2) is 39.9 Å². The van der Waals surface area contributed by atoms with E-state index in [1.807, 2.05) is 36.4 Å². The van der Waals surface area contributed by atoms with Crippen molar-refractivity contribution in [2.75, 3.05) is 18.5 Å². The average molecular weight is 437 g/mol. The highest BCUT2D eigenvalue weighted by molar-refractivity contribution is 6.31. The van der Waals surface area contributed by atoms with Gasteiger partial charge in [0.15, 0.2) is 13.2 Å². The van der Waals surface area contributed by atoms with Crippen molar-refractivity contribution in [2.24, 2.45) is 0 Å². The van der Waals surface area contributed by atoms with Crippen LogP contribution in [0.2, 0.25) is 5.02 Å². The lowest BCUT2D eigenvalue weighted by atomic mass is 10.1. The first-order valence-corrected chi connectivity index (χ1v) is 9.68. The summed E-state index contributed by atoms with van der Waals surface area (Å²) in [5.41, 5.74) is 0.979. The molecule has 9 heteroatoms. The van der Waals surface area contributed by atoms with Gasteiger partial charge in [0.2, 0.25) is 0 Å². The van der Waals surface area contributed by atoms with Crippen LogP contribution in [0.5, 0.6) is 5.75 Å². The Morgan fingerprint density at radius 2 is 1.87 bits per heavy atom. The number of hydrogen-bond donors (Lipinski definition) is 1. The summed E-state index contributed by atoms with van der Waals surface area (Å²) in [7, 11) is 0. The van der Waals surface area contributed by atoms with Crippen LogP contribution in [0.4, 0.5) is 5.69 Å². The van der Waals surface area contributed by atoms with Gasteiger partial charge in [0.1, 0.15) is 18.4 Å². The third kappa shape index (κ3) is 4.99. The number of ether oxygens (including phenoxy) is 2. The quantitative estimate of drug-likeness (QED) is 0.444. The number of anilines is 1. The summed E-state index contributed by atoms with van der Waals surface area (Å²) in [6.07, 6.45) is 2.86. The first-order valence-electron chi connectivity index (χ1n) is 9.31. The van der Waals surface area contributed by atoms with Gasteiger partial charge in [-0.1, -0.05) is 48.0 Å². The molecule has 1 amide bonds. The molecule has 0 spiro atoms. The predicted octanol–water partition coefficient (Wildman–Crippen LogP) is 3.63. The number of amides is 1. The second-order valence-electron chi connectivity index (χ2n) is 6.48. The van der Waals surface area contributed by atoms with Gasteiger partial charge in [-0.05, 0) is 29.7 Å². The molecule has 31 heavy (non-hydrogen) atoms. The van der Waals surface area contributed by atoms with E-state index in [1.54, 1.807) is 24.3 Å². The van der Waals surface area contributed by atoms with E-state index in [9.17, 15) is 9.59 Å². The lowest BCUT2D eigenvalue weighted by Crippen LogP contribution is -2.24. The van der Waals surface area contributed by atoms with Crippen LogP contribution in [0.25, 0.3) is 16.5 Å². The van der Waals surface area contributed by atoms with Crippen molar-refractivity contribution in [1.29, 1.82) is 0 Å². The first kappa shape index (κ1) is 20.4. The third-order valence-electron chi connectivity index (χ3n) is 4.36. The molecule has 1 N–H and O–H groups in total. The minimum Gasteiger partial charge on any atom is -0.481 e. The maximum absolute atomic E-state index is 12.3. The maximum atomic E-state index is 12.3. The number of hydrogen-bond acceptors (Lipinski definition) is 6. The van der Waals surface area contributed by atoms with Crippen LogP contribution in [-0.2, 0) is 14.3 Å². The second-order valence-corrected chi connectivity index (χ2v) is 6.91. The predicted molar refractivity (Wildman–Crippen MR) is 115 cm³/mol. The van der Waals surface area contributed by atoms with Crippen molar-refractivity contribution >= 4 is 39.9 Å². The Morgan fingerprint density at radius 1 is 1.03 bits per heavy atom. The fourth-order valence-corrected chi connectivity index (χ4v) is 3.15. The molecule has 4 aromatic rings. The van der Waals surface area contributed by atoms with Crippen LogP contribution in [0.1, 0.15) is 0 Å². The molecule has 0 aliphatic rings. The van der Waals surface area contributed by atoms with E-state index in [4.69, 9.17) is 21.1 Å². The van der Waals surface area contributed by atoms with Crippen molar-refractivity contribution < 1.29 is 19.1 Å². The van der Waals surface area contributed by atoms with Crippen molar-refractivity contribution in [3.8, 4) is 11.4 Å². The summed E-state index contributed by atoms with van der Waals surface area (Å²) in [6.45, 7) is -0.788. The van der Waals surface area contributed by atoms with Crippen molar-refractivity contribution in [3.63, 3.8) is 0 Å². The Kier molecular flexibility index (Phi) is 6.09. The summed E-state index contributed by atoms with van der Waals surface area (Å²) in [5.74, 6) is -0.622. The van der Waals surface area contributed by atoms with E-state index < -0.39 is 18.5 Å². The Hall–Kier alpha value is -3.91. The number of carbonyl (C=O) groups is 2. The molecule has 0 fully saturated rings. The molecule has 8 nitrogen and oxygen atoms in total. The lowest BCUT2D eigenvalue weighted by molar-refractivity contribution is -0.149. The highest BCUT2D eigenvalue weighted by Gasteiger charge is 2.13. The van der Waals surface area contributed by atoms with E-state index in [0.29, 0.717) is 22.1 Å². The van der Waals surface area contributed by atoms with Gasteiger partial charge in [-0.2, -0.15) is 5.10 Å². The molecule has 0 atom stereocenters. The van der Waals surface area contributed by atoms with Gasteiger partial charge in [-0.15, -0.1) is 0 Å². The van der Waals surface area contributed by atoms with Crippen LogP contribution < -0.4 is 10.1 Å². The number of esters is 1. The average Bonchev–Trinajstić information content (AvgIpc) is 3.31. The zero-order valence-corrected chi connectivity index (χ0v) is 17.0. The number of halogens is 1. The molecule has 1 heterocycles. The van der Waals surface area contributed by atoms with Gasteiger partial charge in [-0.3, -0.25) is 4.79 Å². The lowest BCUT2D eigenvalue weighted by Gasteiger charge is -2.12. The molecule has 0 bridgehead atoms. The smallest absolute Gasteiger partial charge is 0.344 e. The first-order chi connectivity index (χ1) is 15.1. The van der Waals surface area contributed by atoms with Gasteiger partial charge in [0.05, 0.1) is 11.4 Å². The number of rotatable bonds is 7. The number of aromatic nitrogens is 3. The Bertz CT molecular complexity index is 1220. The summed E-state index contributed by atoms with van der Waals surface area (Å²) in [5, 5.41) is 9.02. The van der Waals surface area contributed by atoms with Crippen LogP contribution in [0.15, 0.2) is 73.3 Å². The highest BCUT2D eigenvalue weighted by atomic mass is 35.5. The molecular weight excluding hydrogens is 420 g/mol. The number of nitrogens with one attached hydrogen (secondary N) is 1. The number of carbonyl (C=O) groups excluding carboxylic acids is 2. The van der Waals surface area contributed by atoms with E-state index in [2.05, 4.69) is 15.4 Å². The molecule has 1 aromatic heterocycles. The Labute approximate surface area is 182 Å². The molecular formula is C22H17ClN4O4.